The van der Waals surface area contributed by atoms with E-state index in [0.717, 1.165) is 68.8 Å². The van der Waals surface area contributed by atoms with E-state index in [4.69, 9.17) is 104 Å². The van der Waals surface area contributed by atoms with Gasteiger partial charge in [0.05, 0.1) is 74.6 Å². The van der Waals surface area contributed by atoms with Crippen LogP contribution in [0.25, 0.3) is 22.5 Å². The van der Waals surface area contributed by atoms with E-state index in [2.05, 4.69) is 48.0 Å². The molecule has 3 aliphatic rings. The van der Waals surface area contributed by atoms with Gasteiger partial charge >= 0.3 is 30.1 Å². The Morgan fingerprint density at radius 2 is 1.05 bits per heavy atom. The number of nitrogens with zero attached hydrogens (tertiary/aromatic N) is 7. The van der Waals surface area contributed by atoms with Crippen molar-refractivity contribution in [3.8, 4) is 27.9 Å². The Bertz CT molecular complexity index is 3520. The average molecular weight is 1500 g/mol. The number of methoxy groups -OCH3 is 3. The summed E-state index contributed by atoms with van der Waals surface area (Å²) in [7, 11) is 4.04. The van der Waals surface area contributed by atoms with Gasteiger partial charge in [0.1, 0.15) is 28.7 Å². The summed E-state index contributed by atoms with van der Waals surface area (Å²) < 4.78 is 25.3. The maximum absolute atomic E-state index is 12.8. The summed E-state index contributed by atoms with van der Waals surface area (Å²) in [6, 6.07) is 14.2. The van der Waals surface area contributed by atoms with Crippen LogP contribution in [0.2, 0.25) is 30.1 Å². The first-order valence-electron chi connectivity index (χ1n) is 31.2. The highest BCUT2D eigenvalue weighted by Crippen LogP contribution is 2.40. The van der Waals surface area contributed by atoms with Gasteiger partial charge in [-0.15, -0.1) is 22.7 Å². The normalized spacial score (nSPS) is 16.8. The lowest BCUT2D eigenvalue weighted by molar-refractivity contribution is -0.147. The predicted octanol–water partition coefficient (Wildman–Crippen LogP) is 15.4. The number of benzene rings is 3. The number of esters is 3. The number of piperazine rings is 3. The molecule has 0 saturated carbocycles. The Morgan fingerprint density at radius 3 is 1.49 bits per heavy atom. The Kier molecular flexibility index (Phi) is 32.0. The van der Waals surface area contributed by atoms with Crippen LogP contribution in [-0.2, 0) is 50.9 Å². The van der Waals surface area contributed by atoms with E-state index in [1.807, 2.05) is 48.4 Å². The summed E-state index contributed by atoms with van der Waals surface area (Å²) in [6.45, 7) is 28.1. The van der Waals surface area contributed by atoms with Crippen LogP contribution in [0.4, 0.5) is 19.9 Å². The molecule has 0 bridgehead atoms. The quantitative estimate of drug-likeness (QED) is 0.0404. The number of halogens is 6. The smallest absolute Gasteiger partial charge is 0.411 e. The number of rotatable bonds is 16. The van der Waals surface area contributed by atoms with Crippen LogP contribution in [-0.4, -0.2) is 170 Å². The van der Waals surface area contributed by atoms with Gasteiger partial charge in [-0.05, 0) is 133 Å². The maximum Gasteiger partial charge on any atom is 0.411 e. The van der Waals surface area contributed by atoms with Crippen LogP contribution >= 0.6 is 104 Å². The number of anilines is 2. The molecular weight excluding hydrogens is 1420 g/mol. The van der Waals surface area contributed by atoms with Crippen molar-refractivity contribution < 1.29 is 52.5 Å². The molecule has 4 unspecified atom stereocenters. The second-order valence-corrected chi connectivity index (χ2v) is 31.4. The fraction of sp³-hybridized carbons (Fsp3) is 0.537. The number of hydrogen-bond acceptors (Lipinski definition) is 21. The lowest BCUT2D eigenvalue weighted by Crippen LogP contribution is -2.59. The Balaban J connectivity index is 0.000000241. The molecule has 2 N–H and O–H groups in total. The van der Waals surface area contributed by atoms with Gasteiger partial charge in [-0.25, -0.2) is 29.1 Å². The topological polar surface area (TPSA) is 235 Å². The molecule has 29 heteroatoms. The van der Waals surface area contributed by atoms with Crippen molar-refractivity contribution in [1.82, 2.24) is 30.4 Å². The van der Waals surface area contributed by atoms with Crippen LogP contribution in [0, 0.1) is 28.4 Å². The number of thioether (sulfide) groups is 1. The van der Waals surface area contributed by atoms with E-state index in [9.17, 15) is 28.8 Å². The highest BCUT2D eigenvalue weighted by Gasteiger charge is 2.40. The SMILES string of the molecule is CC(C)CC(SC#N)C(=O)c1ccc(Cl)c(Cl)c1.COC(=O)C1CN(c2nc(-c3ccc(Cl)c(Cl)c3)c(CC(C)C)s2)CCN1.COC(=O)C1CN(c2nc(-c3ccc(Cl)c(Cl)c3)c(CC(C)C)s2)CCN1C(=O)OC(C)(C)C.COC(=O)C1CNCCN1C(=O)OC(C)(C)C. The number of thiocyanates is 1. The third-order valence-corrected chi connectivity index (χ3v) is 19.6. The number of ether oxygens (including phenoxy) is 5. The fourth-order valence-corrected chi connectivity index (χ4v) is 14.3. The molecule has 2 aromatic heterocycles. The third-order valence-electron chi connectivity index (χ3n) is 14.4. The van der Waals surface area contributed by atoms with E-state index in [1.54, 1.807) is 94.5 Å². The first kappa shape index (κ1) is 81.3. The zero-order chi connectivity index (χ0) is 71.5. The minimum absolute atomic E-state index is 0.0752. The van der Waals surface area contributed by atoms with E-state index in [-0.39, 0.29) is 29.6 Å². The number of aromatic nitrogens is 2. The summed E-state index contributed by atoms with van der Waals surface area (Å²) in [4.78, 5) is 92.2. The summed E-state index contributed by atoms with van der Waals surface area (Å²) in [5.74, 6) is 0.0503. The van der Waals surface area contributed by atoms with Gasteiger partial charge in [-0.2, -0.15) is 5.26 Å². The first-order valence-corrected chi connectivity index (χ1v) is 36.0. The van der Waals surface area contributed by atoms with Crippen LogP contribution in [0.3, 0.4) is 0 Å². The molecule has 3 saturated heterocycles. The summed E-state index contributed by atoms with van der Waals surface area (Å²) in [5, 5.41) is 21.1. The molecule has 4 atom stereocenters. The number of thiazole rings is 2. The highest BCUT2D eigenvalue weighted by atomic mass is 35.5. The van der Waals surface area contributed by atoms with Crippen molar-refractivity contribution in [2.75, 3.05) is 90.0 Å². The summed E-state index contributed by atoms with van der Waals surface area (Å²) >= 11 is 40.6. The van der Waals surface area contributed by atoms with E-state index >= 15 is 0 Å². The Labute approximate surface area is 606 Å². The van der Waals surface area contributed by atoms with Gasteiger partial charge in [0.2, 0.25) is 0 Å². The third kappa shape index (κ3) is 24.5. The minimum atomic E-state index is -0.792. The van der Waals surface area contributed by atoms with Crippen molar-refractivity contribution in [3.05, 3.63) is 100 Å². The van der Waals surface area contributed by atoms with Crippen LogP contribution in [0.1, 0.15) is 110 Å². The van der Waals surface area contributed by atoms with Crippen molar-refractivity contribution >= 4 is 150 Å². The van der Waals surface area contributed by atoms with Gasteiger partial charge in [-0.3, -0.25) is 19.4 Å². The summed E-state index contributed by atoms with van der Waals surface area (Å²) in [5.41, 5.74) is 2.92. The monoisotopic (exact) mass is 1500 g/mol. The van der Waals surface area contributed by atoms with Crippen molar-refractivity contribution in [3.63, 3.8) is 0 Å². The number of hydrogen-bond donors (Lipinski definition) is 2. The van der Waals surface area contributed by atoms with Crippen LogP contribution in [0.15, 0.2) is 54.6 Å². The molecule has 0 radical (unpaired) electrons. The zero-order valence-corrected chi connectivity index (χ0v) is 63.8. The molecule has 2 amide bonds. The van der Waals surface area contributed by atoms with Crippen LogP contribution < -0.4 is 20.4 Å². The molecule has 5 heterocycles. The maximum atomic E-state index is 12.8. The number of nitrogens with one attached hydrogen (secondary N) is 2. The number of carbonyl (C=O) groups is 6. The van der Waals surface area contributed by atoms with Crippen molar-refractivity contribution in [2.24, 2.45) is 17.8 Å². The summed E-state index contributed by atoms with van der Waals surface area (Å²) in [6.07, 6.45) is 1.44. The zero-order valence-electron chi connectivity index (χ0n) is 56.8. The minimum Gasteiger partial charge on any atom is -0.468 e. The standard InChI is InChI=1S/C24H31Cl2N3O4S.C19H23Cl2N3O2S.C13H13Cl2NOS.C11H20N2O4/c1-14(2)11-19-20(15-7-8-16(25)17(26)12-15)27-22(34-19)28-9-10-29(18(13-28)21(30)32-6)23(31)33-24(3,4)5;1-11(2)8-16-17(12-4-5-13(20)14(21)9-12)23-19(27-16)24-7-6-22-15(10-24)18(25)26-3;1-8(2)5-12(18-7-16)13(17)9-3-4-10(14)11(15)6-9;1-11(2,3)17-10(15)13-6-5-12-7-8(13)9(14)16-4/h7-8,12,14,18H,9-11,13H2,1-6H3;4-5,9,11,15,22H,6-8,10H2,1-3H3;3-4,6,8,12H,5H2,1-2H3;8,12H,5-7H2,1-4H3. The van der Waals surface area contributed by atoms with E-state index in [1.165, 1.54) is 36.0 Å². The molecule has 526 valence electrons. The molecule has 20 nitrogen and oxygen atoms in total. The van der Waals surface area contributed by atoms with Gasteiger partial charge < -0.3 is 44.1 Å². The lowest BCUT2D eigenvalue weighted by atomic mass is 10.0. The number of ketones is 1. The predicted molar refractivity (Wildman–Crippen MR) is 388 cm³/mol. The average Bonchev–Trinajstić information content (AvgIpc) is 1.59. The molecule has 0 aliphatic carbocycles. The molecule has 3 aliphatic heterocycles. The number of carbonyl (C=O) groups excluding carboxylic acids is 6. The second kappa shape index (κ2) is 37.7. The molecule has 3 fully saturated rings. The van der Waals surface area contributed by atoms with Crippen LogP contribution in [0.5, 0.6) is 0 Å². The highest BCUT2D eigenvalue weighted by molar-refractivity contribution is 8.05. The van der Waals surface area contributed by atoms with Crippen molar-refractivity contribution in [2.45, 2.75) is 137 Å². The molecule has 5 aromatic rings. The van der Waals surface area contributed by atoms with Gasteiger partial charge in [0, 0.05) is 78.8 Å². The Hall–Kier alpha value is -5.36. The fourth-order valence-electron chi connectivity index (χ4n) is 9.89. The molecule has 8 rings (SSSR count). The number of Topliss-reactive ketones (excluding diaryl/α,β-unsaturated/α-hetero) is 1. The van der Waals surface area contributed by atoms with Gasteiger partial charge in [0.25, 0.3) is 0 Å². The van der Waals surface area contributed by atoms with Gasteiger partial charge in [-0.1, -0.05) is 123 Å². The van der Waals surface area contributed by atoms with E-state index in [0.29, 0.717) is 106 Å². The molecule has 0 spiro atoms. The second-order valence-electron chi connectivity index (χ2n) is 25.9. The lowest BCUT2D eigenvalue weighted by Gasteiger charge is -2.40. The van der Waals surface area contributed by atoms with Gasteiger partial charge in [0.15, 0.2) is 22.1 Å². The van der Waals surface area contributed by atoms with E-state index < -0.39 is 47.4 Å². The first-order chi connectivity index (χ1) is 45.1. The largest absolute Gasteiger partial charge is 0.468 e. The molecule has 3 aromatic carbocycles. The Morgan fingerprint density at radius 1 is 0.594 bits per heavy atom. The molecule has 96 heavy (non-hydrogen) atoms. The molecular formula is C67H87Cl6N9O11S3. The van der Waals surface area contributed by atoms with Crippen molar-refractivity contribution in [1.29, 1.82) is 5.26 Å². The number of amides is 2. The number of nitriles is 1.